The zero-order valence-electron chi connectivity index (χ0n) is 14.4. The molecule has 26 heavy (non-hydrogen) atoms. The van der Waals surface area contributed by atoms with E-state index < -0.39 is 0 Å². The molecule has 0 unspecified atom stereocenters. The third kappa shape index (κ3) is 3.66. The fraction of sp³-hybridized carbons (Fsp3) is 0.389. The first kappa shape index (κ1) is 19.0. The Balaban J connectivity index is 1.73. The topological polar surface area (TPSA) is 75.0 Å². The van der Waals surface area contributed by atoms with Gasteiger partial charge in [-0.15, -0.1) is 11.3 Å². The summed E-state index contributed by atoms with van der Waals surface area (Å²) in [4.78, 5) is 17.7. The van der Waals surface area contributed by atoms with Gasteiger partial charge in [-0.2, -0.15) is 5.26 Å². The highest BCUT2D eigenvalue weighted by atomic mass is 35.5. The predicted molar refractivity (Wildman–Crippen MR) is 104 cm³/mol. The highest BCUT2D eigenvalue weighted by Crippen LogP contribution is 2.38. The maximum atomic E-state index is 12.3. The fourth-order valence-corrected chi connectivity index (χ4v) is 4.66. The lowest BCUT2D eigenvalue weighted by atomic mass is 9.96. The van der Waals surface area contributed by atoms with E-state index in [-0.39, 0.29) is 28.3 Å². The van der Waals surface area contributed by atoms with E-state index in [0.717, 1.165) is 31.2 Å². The minimum absolute atomic E-state index is 0.250. The Labute approximate surface area is 165 Å². The van der Waals surface area contributed by atoms with Gasteiger partial charge < -0.3 is 10.1 Å². The molecule has 8 heteroatoms. The summed E-state index contributed by atoms with van der Waals surface area (Å²) in [5, 5.41) is 13.4. The van der Waals surface area contributed by atoms with Gasteiger partial charge in [0, 0.05) is 4.88 Å². The molecular weight excluding hydrogens is 393 g/mol. The summed E-state index contributed by atoms with van der Waals surface area (Å²) in [6, 6.07) is 2.22. The second-order valence-corrected chi connectivity index (χ2v) is 7.96. The van der Waals surface area contributed by atoms with Crippen molar-refractivity contribution in [3.8, 4) is 11.8 Å². The number of amides is 1. The largest absolute Gasteiger partial charge is 0.480 e. The van der Waals surface area contributed by atoms with E-state index in [1.807, 2.05) is 0 Å². The molecule has 5 nitrogen and oxygen atoms in total. The Bertz CT molecular complexity index is 892. The van der Waals surface area contributed by atoms with Crippen LogP contribution in [0.3, 0.4) is 0 Å². The average Bonchev–Trinajstić information content (AvgIpc) is 2.96. The summed E-state index contributed by atoms with van der Waals surface area (Å²) in [6.07, 6.45) is 4.04. The molecule has 1 aliphatic carbocycles. The minimum atomic E-state index is -0.362. The number of hydrogen-bond acceptors (Lipinski definition) is 5. The van der Waals surface area contributed by atoms with Crippen LogP contribution in [0.2, 0.25) is 10.0 Å². The van der Waals surface area contributed by atoms with E-state index in [9.17, 15) is 10.1 Å². The van der Waals surface area contributed by atoms with Crippen LogP contribution < -0.4 is 10.1 Å². The van der Waals surface area contributed by atoms with Gasteiger partial charge in [0.2, 0.25) is 0 Å². The SMILES string of the molecule is Cc1nc(C)c(Cl)c(OCC(=O)Nc2sc3c(c2C#N)CCCC3)c1Cl. The van der Waals surface area contributed by atoms with Gasteiger partial charge in [0.1, 0.15) is 21.1 Å². The van der Waals surface area contributed by atoms with Gasteiger partial charge >= 0.3 is 0 Å². The van der Waals surface area contributed by atoms with Crippen LogP contribution in [0, 0.1) is 25.2 Å². The summed E-state index contributed by atoms with van der Waals surface area (Å²) < 4.78 is 5.54. The summed E-state index contributed by atoms with van der Waals surface area (Å²) >= 11 is 13.8. The van der Waals surface area contributed by atoms with Crippen molar-refractivity contribution in [3.63, 3.8) is 0 Å². The average molecular weight is 410 g/mol. The van der Waals surface area contributed by atoms with Crippen LogP contribution in [-0.2, 0) is 17.6 Å². The molecule has 2 aromatic rings. The summed E-state index contributed by atoms with van der Waals surface area (Å²) in [5.41, 5.74) is 2.82. The van der Waals surface area contributed by atoms with Crippen molar-refractivity contribution in [3.05, 3.63) is 37.4 Å². The van der Waals surface area contributed by atoms with Crippen LogP contribution in [0.5, 0.6) is 5.75 Å². The number of halogens is 2. The Morgan fingerprint density at radius 2 is 1.92 bits per heavy atom. The molecule has 1 aliphatic rings. The number of hydrogen-bond donors (Lipinski definition) is 1. The first-order valence-electron chi connectivity index (χ1n) is 8.21. The van der Waals surface area contributed by atoms with Crippen molar-refractivity contribution in [1.82, 2.24) is 4.98 Å². The number of carbonyl (C=O) groups excluding carboxylic acids is 1. The molecule has 1 amide bonds. The molecule has 3 rings (SSSR count). The number of carbonyl (C=O) groups is 1. The number of thiophene rings is 1. The molecule has 0 aromatic carbocycles. The summed E-state index contributed by atoms with van der Waals surface area (Å²) in [6.45, 7) is 3.23. The number of nitrogens with zero attached hydrogens (tertiary/aromatic N) is 2. The number of nitriles is 1. The van der Waals surface area contributed by atoms with Gasteiger partial charge in [0.25, 0.3) is 5.91 Å². The van der Waals surface area contributed by atoms with E-state index in [0.29, 0.717) is 22.0 Å². The maximum Gasteiger partial charge on any atom is 0.262 e. The van der Waals surface area contributed by atoms with Crippen molar-refractivity contribution >= 4 is 45.4 Å². The quantitative estimate of drug-likeness (QED) is 0.783. The molecule has 1 N–H and O–H groups in total. The predicted octanol–water partition coefficient (Wildman–Crippen LogP) is 4.83. The lowest BCUT2D eigenvalue weighted by Gasteiger charge is -2.12. The highest BCUT2D eigenvalue weighted by Gasteiger charge is 2.22. The molecule has 0 spiro atoms. The number of fused-ring (bicyclic) bond motifs is 1. The minimum Gasteiger partial charge on any atom is -0.480 e. The molecule has 2 aromatic heterocycles. The number of anilines is 1. The number of nitrogens with one attached hydrogen (secondary N) is 1. The molecule has 136 valence electrons. The zero-order valence-corrected chi connectivity index (χ0v) is 16.7. The summed E-state index contributed by atoms with van der Waals surface area (Å²) in [7, 11) is 0. The molecule has 0 saturated heterocycles. The lowest BCUT2D eigenvalue weighted by Crippen LogP contribution is -2.20. The molecule has 2 heterocycles. The van der Waals surface area contributed by atoms with Crippen LogP contribution in [0.4, 0.5) is 5.00 Å². The Morgan fingerprint density at radius 3 is 2.58 bits per heavy atom. The molecule has 0 saturated carbocycles. The third-order valence-electron chi connectivity index (χ3n) is 4.25. The number of pyridine rings is 1. The summed E-state index contributed by atoms with van der Waals surface area (Å²) in [5.74, 6) is -0.112. The maximum absolute atomic E-state index is 12.3. The Kier molecular flexibility index (Phi) is 5.71. The van der Waals surface area contributed by atoms with Gasteiger partial charge in [-0.3, -0.25) is 9.78 Å². The van der Waals surface area contributed by atoms with E-state index in [1.165, 1.54) is 16.2 Å². The number of aromatic nitrogens is 1. The van der Waals surface area contributed by atoms with Crippen LogP contribution in [0.15, 0.2) is 0 Å². The molecule has 0 fully saturated rings. The molecule has 0 atom stereocenters. The first-order valence-corrected chi connectivity index (χ1v) is 9.79. The van der Waals surface area contributed by atoms with E-state index in [4.69, 9.17) is 27.9 Å². The van der Waals surface area contributed by atoms with Crippen molar-refractivity contribution in [2.45, 2.75) is 39.5 Å². The number of rotatable bonds is 4. The highest BCUT2D eigenvalue weighted by molar-refractivity contribution is 7.16. The standard InChI is InChI=1S/C18H17Cl2N3O2S/c1-9-15(19)17(16(20)10(2)22-9)25-8-14(24)23-18-12(7-21)11-5-3-4-6-13(11)26-18/h3-6,8H2,1-2H3,(H,23,24). The zero-order chi connectivity index (χ0) is 18.8. The van der Waals surface area contributed by atoms with Crippen molar-refractivity contribution < 1.29 is 9.53 Å². The molecular formula is C18H17Cl2N3O2S. The first-order chi connectivity index (χ1) is 12.4. The second-order valence-electron chi connectivity index (χ2n) is 6.10. The van der Waals surface area contributed by atoms with Gasteiger partial charge in [-0.05, 0) is 45.1 Å². The third-order valence-corrected chi connectivity index (χ3v) is 6.35. The van der Waals surface area contributed by atoms with Crippen molar-refractivity contribution in [2.75, 3.05) is 11.9 Å². The van der Waals surface area contributed by atoms with E-state index >= 15 is 0 Å². The van der Waals surface area contributed by atoms with Crippen LogP contribution in [0.25, 0.3) is 0 Å². The fourth-order valence-electron chi connectivity index (χ4n) is 2.97. The number of aryl methyl sites for hydroxylation is 3. The van der Waals surface area contributed by atoms with E-state index in [2.05, 4.69) is 16.4 Å². The monoisotopic (exact) mass is 409 g/mol. The van der Waals surface area contributed by atoms with Crippen molar-refractivity contribution in [2.24, 2.45) is 0 Å². The Hall–Kier alpha value is -1.81. The van der Waals surface area contributed by atoms with Crippen LogP contribution >= 0.6 is 34.5 Å². The Morgan fingerprint density at radius 1 is 1.27 bits per heavy atom. The second kappa shape index (κ2) is 7.83. The lowest BCUT2D eigenvalue weighted by molar-refractivity contribution is -0.118. The van der Waals surface area contributed by atoms with Gasteiger partial charge in [-0.25, -0.2) is 0 Å². The van der Waals surface area contributed by atoms with Crippen LogP contribution in [-0.4, -0.2) is 17.5 Å². The van der Waals surface area contributed by atoms with Crippen molar-refractivity contribution in [1.29, 1.82) is 5.26 Å². The van der Waals surface area contributed by atoms with Gasteiger partial charge in [0.05, 0.1) is 17.0 Å². The molecule has 0 bridgehead atoms. The van der Waals surface area contributed by atoms with Gasteiger partial charge in [-0.1, -0.05) is 23.2 Å². The van der Waals surface area contributed by atoms with Gasteiger partial charge in [0.15, 0.2) is 12.4 Å². The van der Waals surface area contributed by atoms with E-state index in [1.54, 1.807) is 13.8 Å². The molecule has 0 aliphatic heterocycles. The number of ether oxygens (including phenoxy) is 1. The normalized spacial score (nSPS) is 13.0. The molecule has 0 radical (unpaired) electrons. The van der Waals surface area contributed by atoms with Crippen LogP contribution in [0.1, 0.15) is 40.2 Å². The smallest absolute Gasteiger partial charge is 0.262 e.